The van der Waals surface area contributed by atoms with Crippen LogP contribution in [0.4, 0.5) is 23.2 Å². The number of nitrogens with zero attached hydrogens (tertiary/aromatic N) is 1. The fourth-order valence-electron chi connectivity index (χ4n) is 2.06. The second-order valence-corrected chi connectivity index (χ2v) is 4.52. The first-order valence-electron chi connectivity index (χ1n) is 5.97. The quantitative estimate of drug-likeness (QED) is 0.527. The summed E-state index contributed by atoms with van der Waals surface area (Å²) in [7, 11) is 0. The number of anilines is 1. The predicted molar refractivity (Wildman–Crippen MR) is 70.9 cm³/mol. The molecule has 108 valence electrons. The predicted octanol–water partition coefficient (Wildman–Crippen LogP) is 3.97. The summed E-state index contributed by atoms with van der Waals surface area (Å²) in [6, 6.07) is 7.36. The van der Waals surface area contributed by atoms with Gasteiger partial charge in [-0.05, 0) is 30.3 Å². The fourth-order valence-corrected chi connectivity index (χ4v) is 2.06. The number of halogens is 4. The van der Waals surface area contributed by atoms with Crippen molar-refractivity contribution in [2.45, 2.75) is 6.18 Å². The van der Waals surface area contributed by atoms with E-state index in [4.69, 9.17) is 5.73 Å². The Hall–Kier alpha value is -2.57. The number of rotatable bonds is 1. The Morgan fingerprint density at radius 1 is 1.10 bits per heavy atom. The highest BCUT2D eigenvalue weighted by molar-refractivity contribution is 5.83. The highest BCUT2D eigenvalue weighted by Crippen LogP contribution is 2.32. The van der Waals surface area contributed by atoms with Crippen LogP contribution in [-0.2, 0) is 6.18 Å². The molecule has 1 heterocycles. The number of nitrogens with two attached hydrogens (primary N) is 1. The molecule has 7 heteroatoms. The number of aromatic nitrogens is 2. The van der Waals surface area contributed by atoms with E-state index in [2.05, 4.69) is 9.97 Å². The second-order valence-electron chi connectivity index (χ2n) is 4.52. The van der Waals surface area contributed by atoms with Gasteiger partial charge in [0.05, 0.1) is 22.3 Å². The van der Waals surface area contributed by atoms with Crippen LogP contribution in [0.2, 0.25) is 0 Å². The zero-order valence-corrected chi connectivity index (χ0v) is 10.5. The summed E-state index contributed by atoms with van der Waals surface area (Å²) < 4.78 is 51.4. The number of fused-ring (bicyclic) bond motifs is 1. The molecule has 3 N–H and O–H groups in total. The van der Waals surface area contributed by atoms with E-state index in [-0.39, 0.29) is 17.0 Å². The minimum absolute atomic E-state index is 0.104. The molecule has 0 saturated carbocycles. The lowest BCUT2D eigenvalue weighted by Crippen LogP contribution is -2.04. The summed E-state index contributed by atoms with van der Waals surface area (Å²) in [5, 5.41) is 0. The molecule has 3 nitrogen and oxygen atoms in total. The van der Waals surface area contributed by atoms with Crippen molar-refractivity contribution in [1.82, 2.24) is 9.97 Å². The van der Waals surface area contributed by atoms with Crippen molar-refractivity contribution in [2.75, 3.05) is 5.73 Å². The molecule has 0 spiro atoms. The van der Waals surface area contributed by atoms with Gasteiger partial charge in [-0.15, -0.1) is 0 Å². The maximum atomic E-state index is 13.4. The fraction of sp³-hybridized carbons (Fsp3) is 0.0714. The molecular formula is C14H9F4N3. The van der Waals surface area contributed by atoms with E-state index >= 15 is 0 Å². The lowest BCUT2D eigenvalue weighted by atomic mass is 10.1. The largest absolute Gasteiger partial charge is 0.416 e. The van der Waals surface area contributed by atoms with Gasteiger partial charge in [0.2, 0.25) is 0 Å². The van der Waals surface area contributed by atoms with Gasteiger partial charge in [-0.2, -0.15) is 13.2 Å². The van der Waals surface area contributed by atoms with Crippen LogP contribution in [0.25, 0.3) is 22.4 Å². The van der Waals surface area contributed by atoms with E-state index in [1.54, 1.807) is 6.07 Å². The first-order chi connectivity index (χ1) is 9.86. The summed E-state index contributed by atoms with van der Waals surface area (Å²) in [5.41, 5.74) is 5.60. The molecule has 3 aromatic rings. The third kappa shape index (κ3) is 2.31. The van der Waals surface area contributed by atoms with Gasteiger partial charge in [0.25, 0.3) is 0 Å². The molecule has 2 aromatic carbocycles. The van der Waals surface area contributed by atoms with E-state index in [9.17, 15) is 17.6 Å². The van der Waals surface area contributed by atoms with Crippen LogP contribution in [0, 0.1) is 5.82 Å². The molecule has 0 aliphatic carbocycles. The van der Waals surface area contributed by atoms with Crippen LogP contribution >= 0.6 is 0 Å². The standard InChI is InChI=1S/C14H9F4N3/c15-9-3-1-2-8(12(9)19)13-20-10-5-4-7(14(16,17)18)6-11(10)21-13/h1-6H,19H2,(H,20,21). The Bertz CT molecular complexity index is 821. The maximum absolute atomic E-state index is 13.4. The average molecular weight is 295 g/mol. The van der Waals surface area contributed by atoms with E-state index in [0.29, 0.717) is 11.1 Å². The smallest absolute Gasteiger partial charge is 0.396 e. The summed E-state index contributed by atoms with van der Waals surface area (Å²) in [6.45, 7) is 0. The Morgan fingerprint density at radius 3 is 2.57 bits per heavy atom. The van der Waals surface area contributed by atoms with Crippen molar-refractivity contribution >= 4 is 16.7 Å². The van der Waals surface area contributed by atoms with Crippen LogP contribution in [-0.4, -0.2) is 9.97 Å². The summed E-state index contributed by atoms with van der Waals surface area (Å²) >= 11 is 0. The number of nitrogen functional groups attached to an aromatic ring is 1. The summed E-state index contributed by atoms with van der Waals surface area (Å²) in [6.07, 6.45) is -4.43. The first-order valence-corrected chi connectivity index (χ1v) is 5.97. The Labute approximate surface area is 116 Å². The minimum atomic E-state index is -4.43. The van der Waals surface area contributed by atoms with Gasteiger partial charge >= 0.3 is 6.18 Å². The van der Waals surface area contributed by atoms with Crippen LogP contribution in [0.15, 0.2) is 36.4 Å². The molecule has 0 fully saturated rings. The molecule has 1 aromatic heterocycles. The maximum Gasteiger partial charge on any atom is 0.416 e. The Morgan fingerprint density at radius 2 is 1.86 bits per heavy atom. The first kappa shape index (κ1) is 13.4. The molecule has 0 bridgehead atoms. The van der Waals surface area contributed by atoms with Gasteiger partial charge in [0.1, 0.15) is 11.6 Å². The molecular weight excluding hydrogens is 286 g/mol. The third-order valence-electron chi connectivity index (χ3n) is 3.12. The van der Waals surface area contributed by atoms with E-state index in [1.807, 2.05) is 0 Å². The van der Waals surface area contributed by atoms with Crippen molar-refractivity contribution in [3.8, 4) is 11.4 Å². The van der Waals surface area contributed by atoms with Gasteiger partial charge in [0, 0.05) is 5.56 Å². The van der Waals surface area contributed by atoms with Crippen LogP contribution < -0.4 is 5.73 Å². The molecule has 3 rings (SSSR count). The summed E-state index contributed by atoms with van der Waals surface area (Å²) in [4.78, 5) is 6.87. The minimum Gasteiger partial charge on any atom is -0.396 e. The van der Waals surface area contributed by atoms with Gasteiger partial charge in [-0.1, -0.05) is 6.07 Å². The number of hydrogen-bond donors (Lipinski definition) is 2. The number of nitrogens with one attached hydrogen (secondary N) is 1. The van der Waals surface area contributed by atoms with Gasteiger partial charge in [-0.25, -0.2) is 9.37 Å². The highest BCUT2D eigenvalue weighted by Gasteiger charge is 2.30. The van der Waals surface area contributed by atoms with E-state index in [0.717, 1.165) is 12.1 Å². The van der Waals surface area contributed by atoms with Crippen molar-refractivity contribution < 1.29 is 17.6 Å². The number of H-pyrrole nitrogens is 1. The second kappa shape index (κ2) is 4.47. The van der Waals surface area contributed by atoms with Crippen LogP contribution in [0.3, 0.4) is 0 Å². The van der Waals surface area contributed by atoms with Gasteiger partial charge in [-0.3, -0.25) is 0 Å². The van der Waals surface area contributed by atoms with Crippen LogP contribution in [0.1, 0.15) is 5.56 Å². The van der Waals surface area contributed by atoms with Gasteiger partial charge < -0.3 is 10.7 Å². The zero-order valence-electron chi connectivity index (χ0n) is 10.5. The highest BCUT2D eigenvalue weighted by atomic mass is 19.4. The van der Waals surface area contributed by atoms with E-state index < -0.39 is 17.6 Å². The summed E-state index contributed by atoms with van der Waals surface area (Å²) in [5.74, 6) is -0.384. The molecule has 0 radical (unpaired) electrons. The number of benzene rings is 2. The number of para-hydroxylation sites is 1. The molecule has 21 heavy (non-hydrogen) atoms. The molecule has 0 aliphatic rings. The average Bonchev–Trinajstić information content (AvgIpc) is 2.83. The lowest BCUT2D eigenvalue weighted by molar-refractivity contribution is -0.137. The molecule has 0 aliphatic heterocycles. The molecule has 0 unspecified atom stereocenters. The Balaban J connectivity index is 2.15. The normalized spacial score (nSPS) is 12.0. The monoisotopic (exact) mass is 295 g/mol. The van der Waals surface area contributed by atoms with Gasteiger partial charge in [0.15, 0.2) is 0 Å². The molecule has 0 amide bonds. The topological polar surface area (TPSA) is 54.7 Å². The zero-order chi connectivity index (χ0) is 15.2. The van der Waals surface area contributed by atoms with Crippen molar-refractivity contribution in [1.29, 1.82) is 0 Å². The SMILES string of the molecule is Nc1c(F)cccc1-c1nc2ccc(C(F)(F)F)cc2[nH]1. The van der Waals surface area contributed by atoms with Crippen molar-refractivity contribution in [2.24, 2.45) is 0 Å². The molecule has 0 atom stereocenters. The Kier molecular flexibility index (Phi) is 2.86. The number of alkyl halides is 3. The number of hydrogen-bond acceptors (Lipinski definition) is 2. The molecule has 0 saturated heterocycles. The lowest BCUT2D eigenvalue weighted by Gasteiger charge is -2.05. The van der Waals surface area contributed by atoms with E-state index in [1.165, 1.54) is 18.2 Å². The van der Waals surface area contributed by atoms with Crippen molar-refractivity contribution in [3.63, 3.8) is 0 Å². The van der Waals surface area contributed by atoms with Crippen LogP contribution in [0.5, 0.6) is 0 Å². The number of imidazole rings is 1. The number of aromatic amines is 1. The van der Waals surface area contributed by atoms with Crippen molar-refractivity contribution in [3.05, 3.63) is 47.8 Å². The third-order valence-corrected chi connectivity index (χ3v) is 3.12.